The van der Waals surface area contributed by atoms with Crippen LogP contribution < -0.4 is 0 Å². The van der Waals surface area contributed by atoms with Crippen molar-refractivity contribution in [3.05, 3.63) is 69.0 Å². The van der Waals surface area contributed by atoms with Crippen molar-refractivity contribution in [3.63, 3.8) is 0 Å². The average molecular weight is 504 g/mol. The van der Waals surface area contributed by atoms with Crippen molar-refractivity contribution < 1.29 is 4.42 Å². The molecule has 0 aliphatic rings. The van der Waals surface area contributed by atoms with Gasteiger partial charge >= 0.3 is 0 Å². The maximum atomic E-state index is 6.55. The second-order valence-electron chi connectivity index (χ2n) is 8.74. The molecule has 0 spiro atoms. The number of aromatic nitrogens is 4. The van der Waals surface area contributed by atoms with Crippen LogP contribution in [-0.2, 0) is 5.41 Å². The van der Waals surface area contributed by atoms with E-state index in [4.69, 9.17) is 44.3 Å². The Kier molecular flexibility index (Phi) is 6.85. The monoisotopic (exact) mass is 502 g/mol. The van der Waals surface area contributed by atoms with Gasteiger partial charge in [-0.3, -0.25) is 0 Å². The van der Waals surface area contributed by atoms with E-state index in [-0.39, 0.29) is 5.41 Å². The van der Waals surface area contributed by atoms with E-state index in [0.717, 1.165) is 36.1 Å². The average Bonchev–Trinajstić information content (AvgIpc) is 3.39. The fourth-order valence-electron chi connectivity index (χ4n) is 3.79. The van der Waals surface area contributed by atoms with Crippen LogP contribution in [0.1, 0.15) is 51.5 Å². The third-order valence-corrected chi connectivity index (χ3v) is 6.53. The lowest BCUT2D eigenvalue weighted by Crippen LogP contribution is -2.17. The van der Waals surface area contributed by atoms with E-state index in [2.05, 4.69) is 31.0 Å². The topological polar surface area (TPSA) is 56.7 Å². The van der Waals surface area contributed by atoms with Gasteiger partial charge in [0, 0.05) is 26.6 Å². The molecule has 2 aromatic heterocycles. The summed E-state index contributed by atoms with van der Waals surface area (Å²) < 4.78 is 7.94. The SMILES string of the molecule is CCCCC(C)(C)c1nnc(-c2nn(-c3ccc(Cl)cc3Cl)c(-c3ccc(Cl)cc3)c2C)o1. The highest BCUT2D eigenvalue weighted by molar-refractivity contribution is 6.35. The van der Waals surface area contributed by atoms with Gasteiger partial charge in [0.2, 0.25) is 5.89 Å². The molecule has 0 amide bonds. The van der Waals surface area contributed by atoms with Crippen LogP contribution in [0, 0.1) is 6.92 Å². The van der Waals surface area contributed by atoms with E-state index in [1.807, 2.05) is 37.3 Å². The Hall–Kier alpha value is -2.34. The highest BCUT2D eigenvalue weighted by Gasteiger charge is 2.29. The molecule has 0 bridgehead atoms. The molecule has 0 unspecified atom stereocenters. The number of nitrogens with zero attached hydrogens (tertiary/aromatic N) is 4. The molecule has 0 radical (unpaired) electrons. The Labute approximate surface area is 208 Å². The van der Waals surface area contributed by atoms with Crippen LogP contribution in [0.2, 0.25) is 15.1 Å². The number of hydrogen-bond donors (Lipinski definition) is 0. The largest absolute Gasteiger partial charge is 0.419 e. The predicted octanol–water partition coefficient (Wildman–Crippen LogP) is 8.33. The summed E-state index contributed by atoms with van der Waals surface area (Å²) in [6.45, 7) is 8.40. The fraction of sp³-hybridized carbons (Fsp3) is 0.320. The minimum atomic E-state index is -0.212. The first-order chi connectivity index (χ1) is 15.7. The smallest absolute Gasteiger partial charge is 0.268 e. The Morgan fingerprint density at radius 2 is 1.67 bits per heavy atom. The summed E-state index contributed by atoms with van der Waals surface area (Å²) in [5, 5.41) is 15.3. The second-order valence-corrected chi connectivity index (χ2v) is 10.0. The van der Waals surface area contributed by atoms with Crippen molar-refractivity contribution in [1.29, 1.82) is 0 Å². The first-order valence-electron chi connectivity index (χ1n) is 10.9. The summed E-state index contributed by atoms with van der Waals surface area (Å²) >= 11 is 18.8. The molecular weight excluding hydrogens is 479 g/mol. The molecule has 8 heteroatoms. The van der Waals surface area contributed by atoms with Crippen molar-refractivity contribution in [2.45, 2.75) is 52.4 Å². The molecule has 0 saturated carbocycles. The Morgan fingerprint density at radius 1 is 0.970 bits per heavy atom. The molecule has 0 aliphatic heterocycles. The molecule has 4 rings (SSSR count). The summed E-state index contributed by atoms with van der Waals surface area (Å²) in [6.07, 6.45) is 3.17. The summed E-state index contributed by atoms with van der Waals surface area (Å²) in [5.41, 5.74) is 3.78. The van der Waals surface area contributed by atoms with Crippen LogP contribution in [0.25, 0.3) is 28.5 Å². The number of hydrogen-bond acceptors (Lipinski definition) is 4. The van der Waals surface area contributed by atoms with Crippen molar-refractivity contribution in [1.82, 2.24) is 20.0 Å². The minimum absolute atomic E-state index is 0.212. The van der Waals surface area contributed by atoms with Crippen molar-refractivity contribution in [2.24, 2.45) is 0 Å². The Bertz CT molecular complexity index is 1280. The molecule has 5 nitrogen and oxygen atoms in total. The fourth-order valence-corrected chi connectivity index (χ4v) is 4.41. The lowest BCUT2D eigenvalue weighted by molar-refractivity contribution is 0.345. The lowest BCUT2D eigenvalue weighted by Gasteiger charge is -2.19. The maximum absolute atomic E-state index is 6.55. The zero-order chi connectivity index (χ0) is 23.8. The standard InChI is InChI=1S/C25H25Cl3N4O/c1-5-6-13-25(3,4)24-30-29-23(33-24)21-15(2)22(16-7-9-17(26)10-8-16)32(31-21)20-12-11-18(27)14-19(20)28/h7-12,14H,5-6,13H2,1-4H3. The molecule has 4 aromatic rings. The summed E-state index contributed by atoms with van der Waals surface area (Å²) in [7, 11) is 0. The Balaban J connectivity index is 1.87. The quantitative estimate of drug-likeness (QED) is 0.254. The van der Waals surface area contributed by atoms with Crippen LogP contribution in [0.3, 0.4) is 0 Å². The third kappa shape index (κ3) is 4.81. The van der Waals surface area contributed by atoms with E-state index in [1.165, 1.54) is 0 Å². The van der Waals surface area contributed by atoms with E-state index in [0.29, 0.717) is 38.2 Å². The highest BCUT2D eigenvalue weighted by Crippen LogP contribution is 2.37. The number of halogens is 3. The van der Waals surface area contributed by atoms with Crippen LogP contribution in [0.4, 0.5) is 0 Å². The van der Waals surface area contributed by atoms with Crippen molar-refractivity contribution >= 4 is 34.8 Å². The summed E-state index contributed by atoms with van der Waals surface area (Å²) in [6, 6.07) is 12.9. The van der Waals surface area contributed by atoms with E-state index >= 15 is 0 Å². The molecule has 0 fully saturated rings. The van der Waals surface area contributed by atoms with Gasteiger partial charge in [0.05, 0.1) is 16.4 Å². The zero-order valence-electron chi connectivity index (χ0n) is 19.0. The highest BCUT2D eigenvalue weighted by atomic mass is 35.5. The lowest BCUT2D eigenvalue weighted by atomic mass is 9.87. The summed E-state index contributed by atoms with van der Waals surface area (Å²) in [4.78, 5) is 0. The van der Waals surface area contributed by atoms with Crippen LogP contribution in [0.5, 0.6) is 0 Å². The van der Waals surface area contributed by atoms with E-state index in [1.54, 1.807) is 16.8 Å². The molecule has 0 atom stereocenters. The number of unbranched alkanes of at least 4 members (excludes halogenated alkanes) is 1. The molecular formula is C25H25Cl3N4O. The Morgan fingerprint density at radius 3 is 2.33 bits per heavy atom. The van der Waals surface area contributed by atoms with Crippen LogP contribution >= 0.6 is 34.8 Å². The zero-order valence-corrected chi connectivity index (χ0v) is 21.3. The molecule has 172 valence electrons. The van der Waals surface area contributed by atoms with Crippen molar-refractivity contribution in [3.8, 4) is 28.5 Å². The molecule has 0 N–H and O–H groups in total. The van der Waals surface area contributed by atoms with E-state index in [9.17, 15) is 0 Å². The number of rotatable bonds is 7. The third-order valence-electron chi connectivity index (χ3n) is 5.74. The van der Waals surface area contributed by atoms with Gasteiger partial charge in [-0.05, 0) is 43.7 Å². The first-order valence-corrected chi connectivity index (χ1v) is 12.0. The van der Waals surface area contributed by atoms with Gasteiger partial charge in [0.1, 0.15) is 0 Å². The number of benzene rings is 2. The second kappa shape index (κ2) is 9.49. The molecule has 2 aromatic carbocycles. The molecule has 2 heterocycles. The normalized spacial score (nSPS) is 11.8. The molecule has 0 saturated heterocycles. The van der Waals surface area contributed by atoms with Gasteiger partial charge < -0.3 is 4.42 Å². The van der Waals surface area contributed by atoms with Gasteiger partial charge in [0.25, 0.3) is 5.89 Å². The van der Waals surface area contributed by atoms with Crippen LogP contribution in [-0.4, -0.2) is 20.0 Å². The van der Waals surface area contributed by atoms with E-state index < -0.39 is 0 Å². The summed E-state index contributed by atoms with van der Waals surface area (Å²) in [5.74, 6) is 0.989. The minimum Gasteiger partial charge on any atom is -0.419 e. The van der Waals surface area contributed by atoms with Gasteiger partial charge in [-0.15, -0.1) is 10.2 Å². The van der Waals surface area contributed by atoms with Gasteiger partial charge in [0.15, 0.2) is 5.69 Å². The predicted molar refractivity (Wildman–Crippen MR) is 135 cm³/mol. The van der Waals surface area contributed by atoms with Gasteiger partial charge in [-0.2, -0.15) is 5.10 Å². The van der Waals surface area contributed by atoms with Gasteiger partial charge in [-0.1, -0.05) is 80.5 Å². The first kappa shape index (κ1) is 23.8. The maximum Gasteiger partial charge on any atom is 0.268 e. The van der Waals surface area contributed by atoms with Gasteiger partial charge in [-0.25, -0.2) is 4.68 Å². The molecule has 33 heavy (non-hydrogen) atoms. The van der Waals surface area contributed by atoms with Crippen molar-refractivity contribution in [2.75, 3.05) is 0 Å². The molecule has 0 aliphatic carbocycles. The van der Waals surface area contributed by atoms with Crippen LogP contribution in [0.15, 0.2) is 46.9 Å².